The molecule has 0 unspecified atom stereocenters. The summed E-state index contributed by atoms with van der Waals surface area (Å²) in [6.07, 6.45) is 3.29. The standard InChI is InChI=1S/C13H12ClN5O/c1-7-8(2)12-16-17-13(19(12)18-11(7)14)9-4-5-15-6-10(9)20-3/h4-6H,1-3H3. The van der Waals surface area contributed by atoms with Crippen LogP contribution < -0.4 is 4.74 Å². The van der Waals surface area contributed by atoms with Gasteiger partial charge in [-0.25, -0.2) is 0 Å². The van der Waals surface area contributed by atoms with Crippen molar-refractivity contribution in [3.05, 3.63) is 34.7 Å². The van der Waals surface area contributed by atoms with Crippen LogP contribution in [-0.2, 0) is 0 Å². The van der Waals surface area contributed by atoms with Crippen molar-refractivity contribution in [3.63, 3.8) is 0 Å². The van der Waals surface area contributed by atoms with Gasteiger partial charge in [-0.2, -0.15) is 9.61 Å². The van der Waals surface area contributed by atoms with Crippen LogP contribution in [0.2, 0.25) is 5.15 Å². The zero-order valence-corrected chi connectivity index (χ0v) is 12.0. The van der Waals surface area contributed by atoms with E-state index in [0.29, 0.717) is 22.4 Å². The Morgan fingerprint density at radius 1 is 1.20 bits per heavy atom. The first-order valence-corrected chi connectivity index (χ1v) is 6.37. The zero-order chi connectivity index (χ0) is 14.3. The minimum Gasteiger partial charge on any atom is -0.494 e. The van der Waals surface area contributed by atoms with Crippen molar-refractivity contribution in [1.29, 1.82) is 0 Å². The molecule has 7 heteroatoms. The molecular formula is C13H12ClN5O. The fourth-order valence-corrected chi connectivity index (χ4v) is 2.21. The second-order valence-corrected chi connectivity index (χ2v) is 4.73. The molecular weight excluding hydrogens is 278 g/mol. The molecule has 0 radical (unpaired) electrons. The Hall–Kier alpha value is -2.21. The van der Waals surface area contributed by atoms with E-state index in [1.165, 1.54) is 0 Å². The predicted molar refractivity (Wildman–Crippen MR) is 75.0 cm³/mol. The second kappa shape index (κ2) is 4.72. The Bertz CT molecular complexity index is 799. The van der Waals surface area contributed by atoms with Crippen LogP contribution >= 0.6 is 11.6 Å². The Kier molecular flexibility index (Phi) is 3.02. The van der Waals surface area contributed by atoms with Crippen LogP contribution in [0.25, 0.3) is 17.0 Å². The van der Waals surface area contributed by atoms with Gasteiger partial charge in [0.2, 0.25) is 0 Å². The highest BCUT2D eigenvalue weighted by atomic mass is 35.5. The van der Waals surface area contributed by atoms with Crippen molar-refractivity contribution in [2.75, 3.05) is 7.11 Å². The van der Waals surface area contributed by atoms with Gasteiger partial charge in [0.25, 0.3) is 0 Å². The van der Waals surface area contributed by atoms with E-state index in [-0.39, 0.29) is 0 Å². The number of pyridine rings is 1. The normalized spacial score (nSPS) is 11.0. The highest BCUT2D eigenvalue weighted by Crippen LogP contribution is 2.29. The van der Waals surface area contributed by atoms with Gasteiger partial charge in [-0.15, -0.1) is 10.2 Å². The molecule has 0 fully saturated rings. The highest BCUT2D eigenvalue weighted by Gasteiger charge is 2.17. The first kappa shape index (κ1) is 12.8. The van der Waals surface area contributed by atoms with E-state index in [1.54, 1.807) is 30.1 Å². The van der Waals surface area contributed by atoms with Gasteiger partial charge in [-0.05, 0) is 25.5 Å². The summed E-state index contributed by atoms with van der Waals surface area (Å²) >= 11 is 6.15. The number of aromatic nitrogens is 5. The summed E-state index contributed by atoms with van der Waals surface area (Å²) in [6, 6.07) is 1.81. The molecule has 6 nitrogen and oxygen atoms in total. The number of ether oxygens (including phenoxy) is 1. The maximum absolute atomic E-state index is 6.15. The minimum atomic E-state index is 0.434. The molecule has 0 saturated heterocycles. The van der Waals surface area contributed by atoms with Crippen LogP contribution in [0.5, 0.6) is 5.75 Å². The SMILES string of the molecule is COc1cnccc1-c1nnc2c(C)c(C)c(Cl)nn12. The Balaban J connectivity index is 2.33. The molecule has 0 amide bonds. The van der Waals surface area contributed by atoms with E-state index in [1.807, 2.05) is 13.8 Å². The van der Waals surface area contributed by atoms with Gasteiger partial charge in [0.05, 0.1) is 18.9 Å². The lowest BCUT2D eigenvalue weighted by atomic mass is 10.2. The molecule has 102 valence electrons. The fraction of sp³-hybridized carbons (Fsp3) is 0.231. The predicted octanol–water partition coefficient (Wildman–Crippen LogP) is 2.47. The lowest BCUT2D eigenvalue weighted by Gasteiger charge is -2.07. The smallest absolute Gasteiger partial charge is 0.189 e. The van der Waals surface area contributed by atoms with Crippen molar-refractivity contribution in [2.45, 2.75) is 13.8 Å². The quantitative estimate of drug-likeness (QED) is 0.725. The van der Waals surface area contributed by atoms with E-state index in [0.717, 1.165) is 16.7 Å². The molecule has 3 rings (SSSR count). The molecule has 20 heavy (non-hydrogen) atoms. The second-order valence-electron chi connectivity index (χ2n) is 4.38. The molecule has 3 heterocycles. The summed E-state index contributed by atoms with van der Waals surface area (Å²) in [5.41, 5.74) is 3.30. The summed E-state index contributed by atoms with van der Waals surface area (Å²) in [5, 5.41) is 13.2. The number of methoxy groups -OCH3 is 1. The summed E-state index contributed by atoms with van der Waals surface area (Å²) in [6.45, 7) is 3.85. The van der Waals surface area contributed by atoms with E-state index in [9.17, 15) is 0 Å². The summed E-state index contributed by atoms with van der Waals surface area (Å²) < 4.78 is 6.93. The molecule has 0 aliphatic rings. The van der Waals surface area contributed by atoms with Gasteiger partial charge >= 0.3 is 0 Å². The zero-order valence-electron chi connectivity index (χ0n) is 11.3. The Labute approximate surface area is 120 Å². The molecule has 0 bridgehead atoms. The molecule has 3 aromatic rings. The molecule has 3 aromatic heterocycles. The average Bonchev–Trinajstić information content (AvgIpc) is 2.88. The average molecular weight is 290 g/mol. The Morgan fingerprint density at radius 3 is 2.75 bits per heavy atom. The van der Waals surface area contributed by atoms with Crippen LogP contribution in [-0.4, -0.2) is 31.9 Å². The van der Waals surface area contributed by atoms with Crippen molar-refractivity contribution in [1.82, 2.24) is 24.8 Å². The van der Waals surface area contributed by atoms with Crippen molar-refractivity contribution >= 4 is 17.2 Å². The number of hydrogen-bond acceptors (Lipinski definition) is 5. The fourth-order valence-electron chi connectivity index (χ4n) is 1.99. The third kappa shape index (κ3) is 1.80. The van der Waals surface area contributed by atoms with Crippen molar-refractivity contribution in [3.8, 4) is 17.1 Å². The topological polar surface area (TPSA) is 65.2 Å². The highest BCUT2D eigenvalue weighted by molar-refractivity contribution is 6.30. The van der Waals surface area contributed by atoms with E-state index >= 15 is 0 Å². The lowest BCUT2D eigenvalue weighted by Crippen LogP contribution is -2.01. The molecule has 0 aromatic carbocycles. The van der Waals surface area contributed by atoms with E-state index in [2.05, 4.69) is 20.3 Å². The lowest BCUT2D eigenvalue weighted by molar-refractivity contribution is 0.414. The number of halogens is 1. The first-order valence-electron chi connectivity index (χ1n) is 6.00. The van der Waals surface area contributed by atoms with Gasteiger partial charge in [0.15, 0.2) is 16.6 Å². The Morgan fingerprint density at radius 2 is 2.00 bits per heavy atom. The van der Waals surface area contributed by atoms with Crippen molar-refractivity contribution < 1.29 is 4.74 Å². The monoisotopic (exact) mass is 289 g/mol. The van der Waals surface area contributed by atoms with Gasteiger partial charge in [0.1, 0.15) is 5.75 Å². The molecule has 0 atom stereocenters. The summed E-state index contributed by atoms with van der Waals surface area (Å²) in [7, 11) is 1.58. The summed E-state index contributed by atoms with van der Waals surface area (Å²) in [5.74, 6) is 1.18. The molecule has 0 spiro atoms. The van der Waals surface area contributed by atoms with Crippen LogP contribution in [0.1, 0.15) is 11.1 Å². The van der Waals surface area contributed by atoms with Crippen LogP contribution in [0, 0.1) is 13.8 Å². The molecule has 0 saturated carbocycles. The number of aryl methyl sites for hydroxylation is 1. The van der Waals surface area contributed by atoms with Gasteiger partial charge in [0, 0.05) is 11.8 Å². The van der Waals surface area contributed by atoms with Crippen molar-refractivity contribution in [2.24, 2.45) is 0 Å². The maximum Gasteiger partial charge on any atom is 0.189 e. The minimum absolute atomic E-state index is 0.434. The number of fused-ring (bicyclic) bond motifs is 1. The third-order valence-electron chi connectivity index (χ3n) is 3.28. The van der Waals surface area contributed by atoms with Gasteiger partial charge < -0.3 is 4.74 Å². The largest absolute Gasteiger partial charge is 0.494 e. The number of nitrogens with zero attached hydrogens (tertiary/aromatic N) is 5. The van der Waals surface area contributed by atoms with E-state index in [4.69, 9.17) is 16.3 Å². The first-order chi connectivity index (χ1) is 9.63. The molecule has 0 aliphatic carbocycles. The maximum atomic E-state index is 6.15. The number of hydrogen-bond donors (Lipinski definition) is 0. The van der Waals surface area contributed by atoms with E-state index < -0.39 is 0 Å². The number of rotatable bonds is 2. The van der Waals surface area contributed by atoms with Crippen LogP contribution in [0.3, 0.4) is 0 Å². The molecule has 0 N–H and O–H groups in total. The van der Waals surface area contributed by atoms with Crippen LogP contribution in [0.4, 0.5) is 0 Å². The third-order valence-corrected chi connectivity index (χ3v) is 3.64. The summed E-state index contributed by atoms with van der Waals surface area (Å²) in [4.78, 5) is 4.03. The molecule has 0 aliphatic heterocycles. The van der Waals surface area contributed by atoms with Crippen LogP contribution in [0.15, 0.2) is 18.5 Å². The van der Waals surface area contributed by atoms with Gasteiger partial charge in [-0.3, -0.25) is 4.98 Å². The van der Waals surface area contributed by atoms with Gasteiger partial charge in [-0.1, -0.05) is 11.6 Å².